The summed E-state index contributed by atoms with van der Waals surface area (Å²) in [6.07, 6.45) is 1.81. The molecule has 0 unspecified atom stereocenters. The second-order valence-corrected chi connectivity index (χ2v) is 2.20. The van der Waals surface area contributed by atoms with Crippen molar-refractivity contribution in [2.75, 3.05) is 7.11 Å². The molecule has 0 bridgehead atoms. The van der Waals surface area contributed by atoms with Crippen molar-refractivity contribution in [2.24, 2.45) is 0 Å². The molecule has 3 heteroatoms. The second kappa shape index (κ2) is 7.04. The molecule has 0 aliphatic rings. The van der Waals surface area contributed by atoms with Crippen LogP contribution in [0.1, 0.15) is 0 Å². The van der Waals surface area contributed by atoms with Crippen LogP contribution in [0.15, 0.2) is 42.6 Å². The summed E-state index contributed by atoms with van der Waals surface area (Å²) in [4.78, 5) is 4.18. The van der Waals surface area contributed by atoms with Crippen molar-refractivity contribution in [3.63, 3.8) is 0 Å². The van der Waals surface area contributed by atoms with E-state index in [0.717, 1.165) is 12.6 Å². The summed E-state index contributed by atoms with van der Waals surface area (Å²) in [5.74, 6) is 0. The molecule has 13 heavy (non-hydrogen) atoms. The van der Waals surface area contributed by atoms with E-state index >= 15 is 0 Å². The Hall–Kier alpha value is -0.410. The van der Waals surface area contributed by atoms with Crippen LogP contribution in [0.3, 0.4) is 0 Å². The van der Waals surface area contributed by atoms with Gasteiger partial charge in [-0.2, -0.15) is 7.11 Å². The predicted octanol–water partition coefficient (Wildman–Crippen LogP) is -1.78. The Bertz CT molecular complexity index is 286. The Labute approximate surface area is 99.9 Å². The molecule has 0 fully saturated rings. The van der Waals surface area contributed by atoms with E-state index in [4.69, 9.17) is 5.11 Å². The molecule has 0 aliphatic carbocycles. The third kappa shape index (κ3) is 3.44. The zero-order valence-electron chi connectivity index (χ0n) is 7.90. The van der Waals surface area contributed by atoms with Crippen molar-refractivity contribution in [3.8, 4) is 0 Å². The molecule has 1 aromatic heterocycles. The van der Waals surface area contributed by atoms with Gasteiger partial charge in [-0.15, -0.1) is 0 Å². The van der Waals surface area contributed by atoms with Gasteiger partial charge in [-0.3, -0.25) is 4.98 Å². The first-order valence-electron chi connectivity index (χ1n) is 3.67. The molecule has 2 nitrogen and oxygen atoms in total. The molecule has 0 radical (unpaired) electrons. The molecule has 0 spiro atoms. The maximum Gasteiger partial charge on any atom is 1.00 e. The van der Waals surface area contributed by atoms with Gasteiger partial charge in [0.25, 0.3) is 0 Å². The summed E-state index contributed by atoms with van der Waals surface area (Å²) in [6, 6.07) is 12.1. The number of pyridine rings is 1. The van der Waals surface area contributed by atoms with E-state index in [1.54, 1.807) is 0 Å². The molecule has 62 valence electrons. The molecule has 0 saturated heterocycles. The average molecular weight is 183 g/mol. The van der Waals surface area contributed by atoms with Gasteiger partial charge in [0.1, 0.15) is 0 Å². The summed E-state index contributed by atoms with van der Waals surface area (Å²) in [6.45, 7) is 0. The van der Waals surface area contributed by atoms with E-state index in [-0.39, 0.29) is 29.6 Å². The van der Waals surface area contributed by atoms with Crippen LogP contribution in [-0.2, 0) is 0 Å². The van der Waals surface area contributed by atoms with E-state index < -0.39 is 0 Å². The molecule has 1 aromatic carbocycles. The Morgan fingerprint density at radius 1 is 1.00 bits per heavy atom. The van der Waals surface area contributed by atoms with Crippen LogP contribution < -0.4 is 34.7 Å². The molecule has 0 amide bonds. The standard InChI is InChI=1S/C9H7N.CH3O.Na/c1-2-6-9-8(4-1)5-3-7-10-9;1-2;/h1-7H;1H3;/q;-1;+1. The van der Waals surface area contributed by atoms with Gasteiger partial charge in [-0.25, -0.2) is 0 Å². The average Bonchev–Trinajstić information content (AvgIpc) is 2.21. The van der Waals surface area contributed by atoms with Gasteiger partial charge >= 0.3 is 29.6 Å². The fourth-order valence-corrected chi connectivity index (χ4v) is 1.02. The fraction of sp³-hybridized carbons (Fsp3) is 0.100. The van der Waals surface area contributed by atoms with Crippen molar-refractivity contribution in [1.29, 1.82) is 0 Å². The summed E-state index contributed by atoms with van der Waals surface area (Å²) in [5, 5.41) is 9.45. The van der Waals surface area contributed by atoms with Gasteiger partial charge in [-0.1, -0.05) is 24.3 Å². The molecule has 2 rings (SSSR count). The van der Waals surface area contributed by atoms with Crippen molar-refractivity contribution in [3.05, 3.63) is 42.6 Å². The van der Waals surface area contributed by atoms with Crippen LogP contribution in [0.2, 0.25) is 0 Å². The molecule has 1 heterocycles. The van der Waals surface area contributed by atoms with Crippen molar-refractivity contribution >= 4 is 10.9 Å². The third-order valence-electron chi connectivity index (χ3n) is 1.51. The number of aromatic nitrogens is 1. The maximum atomic E-state index is 8.25. The van der Waals surface area contributed by atoms with Gasteiger partial charge in [0.05, 0.1) is 5.52 Å². The minimum Gasteiger partial charge on any atom is -0.857 e. The second-order valence-electron chi connectivity index (χ2n) is 2.20. The largest absolute Gasteiger partial charge is 1.00 e. The molecule has 2 aromatic rings. The van der Waals surface area contributed by atoms with Gasteiger partial charge in [0, 0.05) is 11.6 Å². The van der Waals surface area contributed by atoms with Gasteiger partial charge in [0.15, 0.2) is 0 Å². The minimum absolute atomic E-state index is 0. The zero-order chi connectivity index (χ0) is 8.81. The van der Waals surface area contributed by atoms with Crippen LogP contribution in [-0.4, -0.2) is 12.1 Å². The number of rotatable bonds is 0. The summed E-state index contributed by atoms with van der Waals surface area (Å²) in [7, 11) is 0.750. The van der Waals surface area contributed by atoms with Crippen molar-refractivity contribution < 1.29 is 34.7 Å². The van der Waals surface area contributed by atoms with E-state index in [1.165, 1.54) is 5.39 Å². The number of hydrogen-bond donors (Lipinski definition) is 0. The van der Waals surface area contributed by atoms with Crippen molar-refractivity contribution in [2.45, 2.75) is 0 Å². The Morgan fingerprint density at radius 3 is 2.31 bits per heavy atom. The number of hydrogen-bond acceptors (Lipinski definition) is 2. The van der Waals surface area contributed by atoms with Crippen LogP contribution in [0.25, 0.3) is 10.9 Å². The van der Waals surface area contributed by atoms with Gasteiger partial charge in [0.2, 0.25) is 0 Å². The van der Waals surface area contributed by atoms with Gasteiger partial charge in [-0.05, 0) is 12.1 Å². The fourth-order valence-electron chi connectivity index (χ4n) is 1.02. The first kappa shape index (κ1) is 12.6. The van der Waals surface area contributed by atoms with Crippen LogP contribution in [0, 0.1) is 0 Å². The maximum absolute atomic E-state index is 8.25. The van der Waals surface area contributed by atoms with E-state index in [9.17, 15) is 0 Å². The Kier molecular flexibility index (Phi) is 6.82. The smallest absolute Gasteiger partial charge is 0.857 e. The minimum atomic E-state index is 0. The quantitative estimate of drug-likeness (QED) is 0.452. The van der Waals surface area contributed by atoms with E-state index in [0.29, 0.717) is 0 Å². The molecular formula is C10H10NNaO. The zero-order valence-corrected chi connectivity index (χ0v) is 9.90. The number of para-hydroxylation sites is 1. The topological polar surface area (TPSA) is 36.0 Å². The SMILES string of the molecule is C[O-].[Na+].c1ccc2ncccc2c1. The molecule has 0 aliphatic heterocycles. The number of fused-ring (bicyclic) bond motifs is 1. The monoisotopic (exact) mass is 183 g/mol. The molecule has 0 N–H and O–H groups in total. The normalized spacial score (nSPS) is 8.15. The van der Waals surface area contributed by atoms with Gasteiger partial charge < -0.3 is 5.11 Å². The number of benzene rings is 1. The molecule has 0 saturated carbocycles. The first-order valence-corrected chi connectivity index (χ1v) is 3.67. The van der Waals surface area contributed by atoms with E-state index in [1.807, 2.05) is 30.5 Å². The third-order valence-corrected chi connectivity index (χ3v) is 1.51. The first-order chi connectivity index (χ1) is 5.97. The molecular weight excluding hydrogens is 173 g/mol. The summed E-state index contributed by atoms with van der Waals surface area (Å²) < 4.78 is 0. The van der Waals surface area contributed by atoms with Crippen LogP contribution in [0.4, 0.5) is 0 Å². The van der Waals surface area contributed by atoms with Crippen LogP contribution >= 0.6 is 0 Å². The summed E-state index contributed by atoms with van der Waals surface area (Å²) >= 11 is 0. The number of nitrogens with zero attached hydrogens (tertiary/aromatic N) is 1. The summed E-state index contributed by atoms with van der Waals surface area (Å²) in [5.41, 5.74) is 1.06. The molecule has 0 atom stereocenters. The predicted molar refractivity (Wildman–Crippen MR) is 47.7 cm³/mol. The Morgan fingerprint density at radius 2 is 1.62 bits per heavy atom. The Balaban J connectivity index is 0.000000451. The van der Waals surface area contributed by atoms with Crippen molar-refractivity contribution in [1.82, 2.24) is 4.98 Å². The van der Waals surface area contributed by atoms with E-state index in [2.05, 4.69) is 17.1 Å². The van der Waals surface area contributed by atoms with Crippen LogP contribution in [0.5, 0.6) is 0 Å².